The van der Waals surface area contributed by atoms with E-state index >= 15 is 0 Å². The van der Waals surface area contributed by atoms with Crippen LogP contribution in [0.3, 0.4) is 0 Å². The Morgan fingerprint density at radius 2 is 2.04 bits per heavy atom. The van der Waals surface area contributed by atoms with Crippen LogP contribution in [-0.4, -0.2) is 66.3 Å². The van der Waals surface area contributed by atoms with Crippen LogP contribution in [-0.2, 0) is 13.5 Å². The molecule has 4 heterocycles. The third-order valence-electron chi connectivity index (χ3n) is 4.65. The van der Waals surface area contributed by atoms with Gasteiger partial charge in [-0.3, -0.25) is 24.4 Å². The molecule has 1 fully saturated rings. The minimum atomic E-state index is -0.335. The normalized spacial score (nSPS) is 13.2. The average molecular weight is 380 g/mol. The molecule has 10 nitrogen and oxygen atoms in total. The second-order valence-electron chi connectivity index (χ2n) is 6.52. The zero-order valence-electron chi connectivity index (χ0n) is 15.4. The van der Waals surface area contributed by atoms with Crippen LogP contribution in [0, 0.1) is 0 Å². The molecule has 2 N–H and O–H groups in total. The number of aryl methyl sites for hydroxylation is 1. The molecule has 3 aromatic rings. The number of hydrogen-bond donors (Lipinski definition) is 2. The molecule has 0 bridgehead atoms. The topological polar surface area (TPSA) is 122 Å². The zero-order valence-corrected chi connectivity index (χ0v) is 15.4. The number of nitrogens with one attached hydrogen (secondary N) is 2. The highest BCUT2D eigenvalue weighted by Crippen LogP contribution is 2.16. The Hall–Kier alpha value is -3.56. The molecular formula is C18H20N8O2. The highest BCUT2D eigenvalue weighted by molar-refractivity contribution is 6.06. The van der Waals surface area contributed by atoms with E-state index in [1.165, 1.54) is 10.9 Å². The Balaban J connectivity index is 1.37. The first-order valence-electron chi connectivity index (χ1n) is 9.04. The monoisotopic (exact) mass is 380 g/mol. The van der Waals surface area contributed by atoms with Crippen molar-refractivity contribution >= 4 is 11.8 Å². The van der Waals surface area contributed by atoms with Gasteiger partial charge in [0.05, 0.1) is 11.8 Å². The number of aromatic nitrogens is 6. The van der Waals surface area contributed by atoms with Gasteiger partial charge >= 0.3 is 0 Å². The van der Waals surface area contributed by atoms with Gasteiger partial charge < -0.3 is 10.2 Å². The molecule has 4 rings (SSSR count). The number of nitrogens with zero attached hydrogens (tertiary/aromatic N) is 6. The van der Waals surface area contributed by atoms with E-state index in [-0.39, 0.29) is 17.5 Å². The van der Waals surface area contributed by atoms with Crippen LogP contribution in [0.1, 0.15) is 33.1 Å². The summed E-state index contributed by atoms with van der Waals surface area (Å²) in [7, 11) is 1.65. The summed E-state index contributed by atoms with van der Waals surface area (Å²) in [5, 5.41) is 14.0. The molecule has 0 spiro atoms. The number of rotatable bonds is 6. The van der Waals surface area contributed by atoms with Crippen molar-refractivity contribution < 1.29 is 9.59 Å². The van der Waals surface area contributed by atoms with Crippen molar-refractivity contribution in [1.82, 2.24) is 40.2 Å². The summed E-state index contributed by atoms with van der Waals surface area (Å²) >= 11 is 0. The van der Waals surface area contributed by atoms with Crippen molar-refractivity contribution in [3.05, 3.63) is 47.8 Å². The molecule has 1 saturated heterocycles. The fourth-order valence-electron chi connectivity index (χ4n) is 2.97. The number of H-pyrrole nitrogens is 1. The predicted octanol–water partition coefficient (Wildman–Crippen LogP) is 0.419. The molecular weight excluding hydrogens is 360 g/mol. The molecule has 0 radical (unpaired) electrons. The lowest BCUT2D eigenvalue weighted by molar-refractivity contribution is 0.0647. The first-order chi connectivity index (χ1) is 13.6. The lowest BCUT2D eigenvalue weighted by Gasteiger charge is -2.30. The van der Waals surface area contributed by atoms with E-state index in [2.05, 4.69) is 30.6 Å². The number of amides is 2. The van der Waals surface area contributed by atoms with Gasteiger partial charge in [0.1, 0.15) is 11.5 Å². The van der Waals surface area contributed by atoms with E-state index in [0.29, 0.717) is 30.2 Å². The van der Waals surface area contributed by atoms with Crippen molar-refractivity contribution in [2.75, 3.05) is 19.6 Å². The van der Waals surface area contributed by atoms with E-state index in [4.69, 9.17) is 0 Å². The van der Waals surface area contributed by atoms with Crippen LogP contribution in [0.15, 0.2) is 30.7 Å². The van der Waals surface area contributed by atoms with E-state index in [1.807, 2.05) is 12.1 Å². The Kier molecular flexibility index (Phi) is 4.83. The van der Waals surface area contributed by atoms with Gasteiger partial charge in [0.2, 0.25) is 0 Å². The molecule has 144 valence electrons. The van der Waals surface area contributed by atoms with Crippen molar-refractivity contribution in [3.8, 4) is 11.4 Å². The first kappa shape index (κ1) is 17.8. The van der Waals surface area contributed by atoms with Crippen molar-refractivity contribution in [2.45, 2.75) is 12.8 Å². The highest BCUT2D eigenvalue weighted by atomic mass is 16.2. The largest absolute Gasteiger partial charge is 0.350 e. The Morgan fingerprint density at radius 1 is 1.25 bits per heavy atom. The van der Waals surface area contributed by atoms with E-state index in [0.717, 1.165) is 25.1 Å². The summed E-state index contributed by atoms with van der Waals surface area (Å²) in [6, 6.07) is 3.65. The lowest BCUT2D eigenvalue weighted by atomic mass is 10.1. The maximum absolute atomic E-state index is 12.6. The Bertz CT molecular complexity index is 990. The molecule has 3 aromatic heterocycles. The molecule has 2 amide bonds. The molecule has 28 heavy (non-hydrogen) atoms. The molecule has 0 unspecified atom stereocenters. The first-order valence-corrected chi connectivity index (χ1v) is 9.04. The number of aromatic amines is 1. The summed E-state index contributed by atoms with van der Waals surface area (Å²) in [6.45, 7) is 1.80. The van der Waals surface area contributed by atoms with Crippen molar-refractivity contribution in [3.63, 3.8) is 0 Å². The standard InChI is InChI=1S/C18H20N8O2/c1-25-15(13(11-21-25)18(28)26-9-2-10-26)17(27)20-8-5-14-22-16(24-23-14)12-3-6-19-7-4-12/h3-4,6-7,11H,2,5,8-10H2,1H3,(H,20,27)(H,22,23,24). The smallest absolute Gasteiger partial charge is 0.270 e. The summed E-state index contributed by atoms with van der Waals surface area (Å²) in [6.07, 6.45) is 6.29. The van der Waals surface area contributed by atoms with Crippen LogP contribution in [0.4, 0.5) is 0 Å². The average Bonchev–Trinajstić information content (AvgIpc) is 3.28. The van der Waals surface area contributed by atoms with Gasteiger partial charge in [-0.1, -0.05) is 0 Å². The SMILES string of the molecule is Cn1ncc(C(=O)N2CCC2)c1C(=O)NCCc1nc(-c2ccncc2)n[nH]1. The minimum absolute atomic E-state index is 0.151. The van der Waals surface area contributed by atoms with Gasteiger partial charge in [-0.15, -0.1) is 0 Å². The molecule has 10 heteroatoms. The minimum Gasteiger partial charge on any atom is -0.350 e. The highest BCUT2D eigenvalue weighted by Gasteiger charge is 2.28. The molecule has 1 aliphatic rings. The van der Waals surface area contributed by atoms with Gasteiger partial charge in [0, 0.05) is 51.1 Å². The van der Waals surface area contributed by atoms with E-state index < -0.39 is 0 Å². The number of pyridine rings is 1. The summed E-state index contributed by atoms with van der Waals surface area (Å²) in [5.74, 6) is 0.756. The number of hydrogen-bond acceptors (Lipinski definition) is 6. The van der Waals surface area contributed by atoms with Crippen LogP contribution in [0.2, 0.25) is 0 Å². The number of likely N-dealkylation sites (tertiary alicyclic amines) is 1. The quantitative estimate of drug-likeness (QED) is 0.639. The third-order valence-corrected chi connectivity index (χ3v) is 4.65. The zero-order chi connectivity index (χ0) is 19.5. The number of carbonyl (C=O) groups excluding carboxylic acids is 2. The van der Waals surface area contributed by atoms with Gasteiger partial charge in [0.25, 0.3) is 11.8 Å². The second-order valence-corrected chi connectivity index (χ2v) is 6.52. The van der Waals surface area contributed by atoms with Crippen molar-refractivity contribution in [1.29, 1.82) is 0 Å². The Labute approximate surface area is 161 Å². The maximum Gasteiger partial charge on any atom is 0.270 e. The fraction of sp³-hybridized carbons (Fsp3) is 0.333. The van der Waals surface area contributed by atoms with Crippen molar-refractivity contribution in [2.24, 2.45) is 7.05 Å². The third kappa shape index (κ3) is 3.48. The van der Waals surface area contributed by atoms with Gasteiger partial charge in [-0.05, 0) is 18.6 Å². The summed E-state index contributed by atoms with van der Waals surface area (Å²) in [5.41, 5.74) is 1.47. The van der Waals surface area contributed by atoms with Crippen LogP contribution in [0.5, 0.6) is 0 Å². The van der Waals surface area contributed by atoms with Gasteiger partial charge in [-0.25, -0.2) is 4.98 Å². The summed E-state index contributed by atoms with van der Waals surface area (Å²) < 4.78 is 1.43. The Morgan fingerprint density at radius 3 is 2.75 bits per heavy atom. The molecule has 1 aliphatic heterocycles. The lowest BCUT2D eigenvalue weighted by Crippen LogP contribution is -2.43. The molecule has 0 saturated carbocycles. The van der Waals surface area contributed by atoms with Crippen LogP contribution in [0.25, 0.3) is 11.4 Å². The van der Waals surface area contributed by atoms with Crippen LogP contribution < -0.4 is 5.32 Å². The van der Waals surface area contributed by atoms with E-state index in [1.54, 1.807) is 24.3 Å². The molecule has 0 aromatic carbocycles. The fourth-order valence-corrected chi connectivity index (χ4v) is 2.97. The van der Waals surface area contributed by atoms with E-state index in [9.17, 15) is 9.59 Å². The summed E-state index contributed by atoms with van der Waals surface area (Å²) in [4.78, 5) is 35.2. The maximum atomic E-state index is 12.6. The molecule has 0 atom stereocenters. The number of carbonyl (C=O) groups is 2. The van der Waals surface area contributed by atoms with Gasteiger partial charge in [0.15, 0.2) is 5.82 Å². The second kappa shape index (κ2) is 7.59. The van der Waals surface area contributed by atoms with Gasteiger partial charge in [-0.2, -0.15) is 10.2 Å². The van der Waals surface area contributed by atoms with Crippen LogP contribution >= 0.6 is 0 Å². The predicted molar refractivity (Wildman–Crippen MR) is 99.4 cm³/mol. The molecule has 0 aliphatic carbocycles.